The fraction of sp³-hybridized carbons (Fsp3) is 0.320. The molecule has 1 saturated heterocycles. The molecule has 1 aromatic heterocycles. The lowest BCUT2D eigenvalue weighted by Crippen LogP contribution is -2.43. The molecular weight excluding hydrogens is 372 g/mol. The number of carbonyl (C=O) groups excluding carboxylic acids is 1. The molecular formula is C25H28N4O. The van der Waals surface area contributed by atoms with Crippen LogP contribution in [-0.4, -0.2) is 41.1 Å². The maximum atomic E-state index is 13.0. The normalized spacial score (nSPS) is 16.3. The second kappa shape index (κ2) is 9.08. The lowest BCUT2D eigenvalue weighted by atomic mass is 9.96. The Bertz CT molecular complexity index is 988. The minimum absolute atomic E-state index is 0.00898. The minimum atomic E-state index is -0.00898. The molecule has 1 aliphatic heterocycles. The van der Waals surface area contributed by atoms with E-state index in [-0.39, 0.29) is 11.8 Å². The van der Waals surface area contributed by atoms with Crippen LogP contribution in [0.1, 0.15) is 24.0 Å². The van der Waals surface area contributed by atoms with Gasteiger partial charge in [0.2, 0.25) is 5.91 Å². The molecule has 5 nitrogen and oxygen atoms in total. The highest BCUT2D eigenvalue weighted by Crippen LogP contribution is 2.25. The summed E-state index contributed by atoms with van der Waals surface area (Å²) < 4.78 is 0. The molecule has 1 atom stereocenters. The number of aryl methyl sites for hydroxylation is 1. The van der Waals surface area contributed by atoms with Gasteiger partial charge in [0.15, 0.2) is 5.82 Å². The summed E-state index contributed by atoms with van der Waals surface area (Å²) in [7, 11) is 1.89. The molecule has 3 aromatic rings. The molecule has 2 aromatic carbocycles. The molecule has 30 heavy (non-hydrogen) atoms. The molecule has 0 bridgehead atoms. The van der Waals surface area contributed by atoms with Gasteiger partial charge in [-0.2, -0.15) is 0 Å². The summed E-state index contributed by atoms with van der Waals surface area (Å²) >= 11 is 0. The molecule has 5 heteroatoms. The van der Waals surface area contributed by atoms with Gasteiger partial charge in [0.05, 0.1) is 11.6 Å². The maximum absolute atomic E-state index is 13.0. The van der Waals surface area contributed by atoms with Gasteiger partial charge in [-0.15, -0.1) is 10.2 Å². The van der Waals surface area contributed by atoms with Crippen molar-refractivity contribution in [2.24, 2.45) is 5.92 Å². The van der Waals surface area contributed by atoms with Crippen molar-refractivity contribution in [2.75, 3.05) is 25.0 Å². The first-order valence-corrected chi connectivity index (χ1v) is 10.6. The van der Waals surface area contributed by atoms with E-state index in [0.717, 1.165) is 42.0 Å². The highest BCUT2D eigenvalue weighted by molar-refractivity contribution is 5.79. The number of amides is 1. The van der Waals surface area contributed by atoms with E-state index in [1.807, 2.05) is 54.4 Å². The first kappa shape index (κ1) is 20.1. The summed E-state index contributed by atoms with van der Waals surface area (Å²) in [5.41, 5.74) is 4.32. The zero-order valence-corrected chi connectivity index (χ0v) is 17.7. The van der Waals surface area contributed by atoms with Crippen molar-refractivity contribution < 1.29 is 4.79 Å². The van der Waals surface area contributed by atoms with E-state index in [1.165, 1.54) is 5.56 Å². The Morgan fingerprint density at radius 2 is 1.80 bits per heavy atom. The van der Waals surface area contributed by atoms with Gasteiger partial charge >= 0.3 is 0 Å². The van der Waals surface area contributed by atoms with Crippen LogP contribution in [0, 0.1) is 12.8 Å². The first-order chi connectivity index (χ1) is 14.6. The Hall–Kier alpha value is -3.21. The fourth-order valence-electron chi connectivity index (χ4n) is 4.13. The van der Waals surface area contributed by atoms with E-state index < -0.39 is 0 Å². The van der Waals surface area contributed by atoms with E-state index in [2.05, 4.69) is 46.3 Å². The number of anilines is 1. The van der Waals surface area contributed by atoms with Crippen molar-refractivity contribution in [3.63, 3.8) is 0 Å². The van der Waals surface area contributed by atoms with Crippen LogP contribution in [0.5, 0.6) is 0 Å². The molecule has 154 valence electrons. The van der Waals surface area contributed by atoms with Crippen LogP contribution in [0.25, 0.3) is 11.3 Å². The molecule has 0 aliphatic carbocycles. The summed E-state index contributed by atoms with van der Waals surface area (Å²) in [5.74, 6) is 1.04. The van der Waals surface area contributed by atoms with Crippen molar-refractivity contribution in [1.29, 1.82) is 0 Å². The Balaban J connectivity index is 1.42. The molecule has 0 saturated carbocycles. The number of benzene rings is 2. The summed E-state index contributed by atoms with van der Waals surface area (Å²) in [6.45, 7) is 4.32. The number of hydrogen-bond acceptors (Lipinski definition) is 4. The molecule has 1 fully saturated rings. The molecule has 4 rings (SSSR count). The second-order valence-corrected chi connectivity index (χ2v) is 8.06. The van der Waals surface area contributed by atoms with Crippen LogP contribution in [0.15, 0.2) is 66.7 Å². The van der Waals surface area contributed by atoms with E-state index >= 15 is 0 Å². The average molecular weight is 401 g/mol. The lowest BCUT2D eigenvalue weighted by molar-refractivity contribution is -0.135. The third-order valence-corrected chi connectivity index (χ3v) is 5.80. The lowest BCUT2D eigenvalue weighted by Gasteiger charge is -2.34. The SMILES string of the molecule is Cc1ccccc1-c1ccc(N2CCC[C@@H](C(=O)N(C)Cc3ccccc3)C2)nn1. The topological polar surface area (TPSA) is 49.3 Å². The van der Waals surface area contributed by atoms with Crippen molar-refractivity contribution in [3.05, 3.63) is 77.9 Å². The summed E-state index contributed by atoms with van der Waals surface area (Å²) in [6.07, 6.45) is 1.90. The van der Waals surface area contributed by atoms with Gasteiger partial charge < -0.3 is 9.80 Å². The Morgan fingerprint density at radius 1 is 1.03 bits per heavy atom. The number of hydrogen-bond donors (Lipinski definition) is 0. The molecule has 0 spiro atoms. The minimum Gasteiger partial charge on any atom is -0.354 e. The van der Waals surface area contributed by atoms with Crippen molar-refractivity contribution in [3.8, 4) is 11.3 Å². The molecule has 1 aliphatic rings. The van der Waals surface area contributed by atoms with Crippen LogP contribution < -0.4 is 4.90 Å². The van der Waals surface area contributed by atoms with Crippen LogP contribution in [-0.2, 0) is 11.3 Å². The Kier molecular flexibility index (Phi) is 6.07. The molecule has 0 N–H and O–H groups in total. The second-order valence-electron chi connectivity index (χ2n) is 8.06. The summed E-state index contributed by atoms with van der Waals surface area (Å²) in [4.78, 5) is 17.1. The van der Waals surface area contributed by atoms with E-state index in [0.29, 0.717) is 13.1 Å². The zero-order valence-electron chi connectivity index (χ0n) is 17.7. The smallest absolute Gasteiger partial charge is 0.227 e. The predicted molar refractivity (Wildman–Crippen MR) is 120 cm³/mol. The van der Waals surface area contributed by atoms with Crippen LogP contribution >= 0.6 is 0 Å². The third kappa shape index (κ3) is 4.51. The number of nitrogens with zero attached hydrogens (tertiary/aromatic N) is 4. The van der Waals surface area contributed by atoms with Gasteiger partial charge in [-0.1, -0.05) is 54.6 Å². The molecule has 0 radical (unpaired) electrons. The Morgan fingerprint density at radius 3 is 2.53 bits per heavy atom. The van der Waals surface area contributed by atoms with E-state index in [1.54, 1.807) is 0 Å². The molecule has 2 heterocycles. The monoisotopic (exact) mass is 400 g/mol. The van der Waals surface area contributed by atoms with Crippen molar-refractivity contribution in [1.82, 2.24) is 15.1 Å². The molecule has 1 amide bonds. The predicted octanol–water partition coefficient (Wildman–Crippen LogP) is 4.33. The van der Waals surface area contributed by atoms with Gasteiger partial charge in [-0.3, -0.25) is 4.79 Å². The third-order valence-electron chi connectivity index (χ3n) is 5.80. The van der Waals surface area contributed by atoms with Crippen LogP contribution in [0.2, 0.25) is 0 Å². The fourth-order valence-corrected chi connectivity index (χ4v) is 4.13. The number of piperidine rings is 1. The van der Waals surface area contributed by atoms with Crippen LogP contribution in [0.4, 0.5) is 5.82 Å². The maximum Gasteiger partial charge on any atom is 0.227 e. The number of aromatic nitrogens is 2. The highest BCUT2D eigenvalue weighted by Gasteiger charge is 2.28. The zero-order chi connectivity index (χ0) is 20.9. The summed E-state index contributed by atoms with van der Waals surface area (Å²) in [6, 6.07) is 22.4. The first-order valence-electron chi connectivity index (χ1n) is 10.6. The van der Waals surface area contributed by atoms with E-state index in [9.17, 15) is 4.79 Å². The van der Waals surface area contributed by atoms with Crippen LogP contribution in [0.3, 0.4) is 0 Å². The quantitative estimate of drug-likeness (QED) is 0.640. The van der Waals surface area contributed by atoms with E-state index in [4.69, 9.17) is 0 Å². The van der Waals surface area contributed by atoms with Crippen molar-refractivity contribution >= 4 is 11.7 Å². The Labute approximate surface area is 178 Å². The van der Waals surface area contributed by atoms with Gasteiger partial charge in [0.1, 0.15) is 0 Å². The largest absolute Gasteiger partial charge is 0.354 e. The van der Waals surface area contributed by atoms with Gasteiger partial charge in [-0.25, -0.2) is 0 Å². The summed E-state index contributed by atoms with van der Waals surface area (Å²) in [5, 5.41) is 8.94. The van der Waals surface area contributed by atoms with Gasteiger partial charge in [0, 0.05) is 32.2 Å². The van der Waals surface area contributed by atoms with Gasteiger partial charge in [-0.05, 0) is 43.0 Å². The number of carbonyl (C=O) groups is 1. The highest BCUT2D eigenvalue weighted by atomic mass is 16.2. The standard InChI is InChI=1S/C25H28N4O/c1-19-9-6-7-13-22(19)23-14-15-24(27-26-23)29-16-8-12-21(18-29)25(30)28(2)17-20-10-4-3-5-11-20/h3-7,9-11,13-15,21H,8,12,16-18H2,1-2H3/t21-/m1/s1. The number of rotatable bonds is 5. The van der Waals surface area contributed by atoms with Crippen molar-refractivity contribution in [2.45, 2.75) is 26.3 Å². The molecule has 0 unspecified atom stereocenters. The van der Waals surface area contributed by atoms with Gasteiger partial charge in [0.25, 0.3) is 0 Å². The average Bonchev–Trinajstić information content (AvgIpc) is 2.80.